The molecule has 0 aliphatic heterocycles. The van der Waals surface area contributed by atoms with Crippen LogP contribution in [0.4, 0.5) is 0 Å². The fourth-order valence-electron chi connectivity index (χ4n) is 2.81. The summed E-state index contributed by atoms with van der Waals surface area (Å²) in [5, 5.41) is 0. The molecular formula is C15H32. The van der Waals surface area contributed by atoms with Crippen LogP contribution in [0.5, 0.6) is 0 Å². The van der Waals surface area contributed by atoms with Gasteiger partial charge in [0.1, 0.15) is 0 Å². The van der Waals surface area contributed by atoms with Gasteiger partial charge in [0.25, 0.3) is 0 Å². The van der Waals surface area contributed by atoms with Gasteiger partial charge in [-0.2, -0.15) is 0 Å². The van der Waals surface area contributed by atoms with Crippen LogP contribution >= 0.6 is 0 Å². The SMILES string of the molecule is CCC(CC)[C@H](C)CC[C@@H](CC)C(C)C. The molecular weight excluding hydrogens is 180 g/mol. The van der Waals surface area contributed by atoms with E-state index in [1.54, 1.807) is 0 Å². The van der Waals surface area contributed by atoms with E-state index in [0.29, 0.717) is 0 Å². The van der Waals surface area contributed by atoms with Gasteiger partial charge in [-0.05, 0) is 30.1 Å². The van der Waals surface area contributed by atoms with Gasteiger partial charge < -0.3 is 0 Å². The van der Waals surface area contributed by atoms with Crippen molar-refractivity contribution in [2.75, 3.05) is 0 Å². The molecule has 0 fully saturated rings. The molecule has 0 N–H and O–H groups in total. The zero-order valence-electron chi connectivity index (χ0n) is 11.8. The van der Waals surface area contributed by atoms with Gasteiger partial charge >= 0.3 is 0 Å². The Morgan fingerprint density at radius 1 is 0.667 bits per heavy atom. The molecule has 0 heterocycles. The number of rotatable bonds is 8. The first-order chi connectivity index (χ1) is 7.06. The summed E-state index contributed by atoms with van der Waals surface area (Å²) < 4.78 is 0. The van der Waals surface area contributed by atoms with Gasteiger partial charge in [-0.25, -0.2) is 0 Å². The van der Waals surface area contributed by atoms with Crippen molar-refractivity contribution in [1.82, 2.24) is 0 Å². The summed E-state index contributed by atoms with van der Waals surface area (Å²) in [6.07, 6.45) is 6.94. The first-order valence-electron chi connectivity index (χ1n) is 7.06. The largest absolute Gasteiger partial charge is 0.0651 e. The van der Waals surface area contributed by atoms with Crippen molar-refractivity contribution in [1.29, 1.82) is 0 Å². The van der Waals surface area contributed by atoms with Crippen LogP contribution in [0.15, 0.2) is 0 Å². The first kappa shape index (κ1) is 15.0. The predicted molar refractivity (Wildman–Crippen MR) is 71.1 cm³/mol. The number of hydrogen-bond donors (Lipinski definition) is 0. The molecule has 92 valence electrons. The average molecular weight is 212 g/mol. The monoisotopic (exact) mass is 212 g/mol. The highest BCUT2D eigenvalue weighted by atomic mass is 14.2. The van der Waals surface area contributed by atoms with Gasteiger partial charge in [0, 0.05) is 0 Å². The van der Waals surface area contributed by atoms with Crippen molar-refractivity contribution in [3.8, 4) is 0 Å². The minimum absolute atomic E-state index is 0.865. The van der Waals surface area contributed by atoms with Crippen LogP contribution in [0.1, 0.15) is 73.6 Å². The molecule has 0 rings (SSSR count). The highest BCUT2D eigenvalue weighted by molar-refractivity contribution is 4.68. The molecule has 0 unspecified atom stereocenters. The average Bonchev–Trinajstić information content (AvgIpc) is 2.20. The topological polar surface area (TPSA) is 0 Å². The Morgan fingerprint density at radius 2 is 1.13 bits per heavy atom. The minimum atomic E-state index is 0.865. The van der Waals surface area contributed by atoms with Crippen molar-refractivity contribution in [2.24, 2.45) is 23.7 Å². The van der Waals surface area contributed by atoms with Gasteiger partial charge in [0.05, 0.1) is 0 Å². The lowest BCUT2D eigenvalue weighted by molar-refractivity contribution is 0.263. The molecule has 0 aromatic carbocycles. The van der Waals surface area contributed by atoms with Crippen LogP contribution in [0.25, 0.3) is 0 Å². The highest BCUT2D eigenvalue weighted by Crippen LogP contribution is 2.28. The Hall–Kier alpha value is 0. The summed E-state index contributed by atoms with van der Waals surface area (Å²) in [4.78, 5) is 0. The summed E-state index contributed by atoms with van der Waals surface area (Å²) in [7, 11) is 0. The second-order valence-electron chi connectivity index (χ2n) is 5.54. The van der Waals surface area contributed by atoms with Crippen LogP contribution in [0.3, 0.4) is 0 Å². The molecule has 0 saturated heterocycles. The lowest BCUT2D eigenvalue weighted by Crippen LogP contribution is -2.14. The quantitative estimate of drug-likeness (QED) is 0.497. The summed E-state index contributed by atoms with van der Waals surface area (Å²) in [5.41, 5.74) is 0. The zero-order chi connectivity index (χ0) is 11.8. The van der Waals surface area contributed by atoms with Crippen LogP contribution in [-0.2, 0) is 0 Å². The van der Waals surface area contributed by atoms with E-state index in [9.17, 15) is 0 Å². The molecule has 0 aromatic heterocycles. The van der Waals surface area contributed by atoms with Crippen LogP contribution < -0.4 is 0 Å². The second kappa shape index (κ2) is 8.19. The molecule has 0 spiro atoms. The Labute approximate surface area is 97.8 Å². The molecule has 0 saturated carbocycles. The van der Waals surface area contributed by atoms with Gasteiger partial charge in [0.2, 0.25) is 0 Å². The summed E-state index contributed by atoms with van der Waals surface area (Å²) in [6, 6.07) is 0. The molecule has 15 heavy (non-hydrogen) atoms. The third kappa shape index (κ3) is 5.58. The Kier molecular flexibility index (Phi) is 8.19. The Bertz CT molecular complexity index is 133. The fourth-order valence-corrected chi connectivity index (χ4v) is 2.81. The van der Waals surface area contributed by atoms with E-state index in [1.807, 2.05) is 0 Å². The third-order valence-electron chi connectivity index (χ3n) is 4.31. The van der Waals surface area contributed by atoms with E-state index < -0.39 is 0 Å². The van der Waals surface area contributed by atoms with Gasteiger partial charge in [-0.15, -0.1) is 0 Å². The van der Waals surface area contributed by atoms with E-state index in [-0.39, 0.29) is 0 Å². The van der Waals surface area contributed by atoms with E-state index in [2.05, 4.69) is 41.5 Å². The molecule has 0 radical (unpaired) electrons. The van der Waals surface area contributed by atoms with Crippen molar-refractivity contribution >= 4 is 0 Å². The van der Waals surface area contributed by atoms with Crippen molar-refractivity contribution in [3.05, 3.63) is 0 Å². The molecule has 0 bridgehead atoms. The Morgan fingerprint density at radius 3 is 1.47 bits per heavy atom. The molecule has 0 aliphatic rings. The second-order valence-corrected chi connectivity index (χ2v) is 5.54. The molecule has 0 aliphatic carbocycles. The standard InChI is InChI=1S/C15H32/c1-7-14(8-2)13(6)10-11-15(9-3)12(4)5/h12-15H,7-11H2,1-6H3/t13-,15-/m1/s1. The van der Waals surface area contributed by atoms with Crippen molar-refractivity contribution < 1.29 is 0 Å². The van der Waals surface area contributed by atoms with E-state index >= 15 is 0 Å². The first-order valence-corrected chi connectivity index (χ1v) is 7.06. The summed E-state index contributed by atoms with van der Waals surface area (Å²) in [5.74, 6) is 3.69. The molecule has 0 nitrogen and oxygen atoms in total. The van der Waals surface area contributed by atoms with Crippen LogP contribution in [0.2, 0.25) is 0 Å². The zero-order valence-corrected chi connectivity index (χ0v) is 11.8. The van der Waals surface area contributed by atoms with Gasteiger partial charge in [-0.1, -0.05) is 67.2 Å². The molecule has 0 aromatic rings. The lowest BCUT2D eigenvalue weighted by Gasteiger charge is -2.25. The van der Waals surface area contributed by atoms with Crippen LogP contribution in [0, 0.1) is 23.7 Å². The minimum Gasteiger partial charge on any atom is -0.0651 e. The maximum absolute atomic E-state index is 2.45. The van der Waals surface area contributed by atoms with Gasteiger partial charge in [-0.3, -0.25) is 0 Å². The lowest BCUT2D eigenvalue weighted by atomic mass is 9.81. The molecule has 2 atom stereocenters. The smallest absolute Gasteiger partial charge is 0.0394 e. The molecule has 0 heteroatoms. The summed E-state index contributed by atoms with van der Waals surface area (Å²) in [6.45, 7) is 14.2. The van der Waals surface area contributed by atoms with Crippen molar-refractivity contribution in [2.45, 2.75) is 73.6 Å². The fraction of sp³-hybridized carbons (Fsp3) is 1.00. The number of hydrogen-bond acceptors (Lipinski definition) is 0. The van der Waals surface area contributed by atoms with E-state index in [1.165, 1.54) is 32.1 Å². The van der Waals surface area contributed by atoms with Crippen LogP contribution in [-0.4, -0.2) is 0 Å². The third-order valence-corrected chi connectivity index (χ3v) is 4.31. The van der Waals surface area contributed by atoms with E-state index in [4.69, 9.17) is 0 Å². The highest BCUT2D eigenvalue weighted by Gasteiger charge is 2.17. The maximum Gasteiger partial charge on any atom is -0.0394 e. The Balaban J connectivity index is 3.91. The summed E-state index contributed by atoms with van der Waals surface area (Å²) >= 11 is 0. The predicted octanol–water partition coefficient (Wildman–Crippen LogP) is 5.52. The molecule has 0 amide bonds. The maximum atomic E-state index is 2.45. The van der Waals surface area contributed by atoms with Crippen molar-refractivity contribution in [3.63, 3.8) is 0 Å². The van der Waals surface area contributed by atoms with E-state index in [0.717, 1.165) is 23.7 Å². The van der Waals surface area contributed by atoms with Gasteiger partial charge in [0.15, 0.2) is 0 Å². The normalized spacial score (nSPS) is 16.0.